The molecule has 2 N–H and O–H groups in total. The zero-order valence-electron chi connectivity index (χ0n) is 9.36. The lowest BCUT2D eigenvalue weighted by molar-refractivity contribution is -0.148. The highest BCUT2D eigenvalue weighted by Crippen LogP contribution is 2.38. The zero-order valence-corrected chi connectivity index (χ0v) is 9.36. The number of hydrogen-bond donors (Lipinski definition) is 2. The first-order valence-electron chi connectivity index (χ1n) is 5.28. The van der Waals surface area contributed by atoms with Gasteiger partial charge in [-0.1, -0.05) is 19.1 Å². The molecule has 5 nitrogen and oxygen atoms in total. The number of amides is 1. The summed E-state index contributed by atoms with van der Waals surface area (Å²) in [5.74, 6) is -0.876. The van der Waals surface area contributed by atoms with Gasteiger partial charge in [-0.25, -0.2) is 4.79 Å². The summed E-state index contributed by atoms with van der Waals surface area (Å²) in [6.45, 7) is 5.20. The molecule has 2 atom stereocenters. The monoisotopic (exact) mass is 227 g/mol. The van der Waals surface area contributed by atoms with E-state index in [2.05, 4.69) is 11.9 Å². The van der Waals surface area contributed by atoms with E-state index in [1.165, 1.54) is 6.08 Å². The summed E-state index contributed by atoms with van der Waals surface area (Å²) in [7, 11) is 0. The summed E-state index contributed by atoms with van der Waals surface area (Å²) in [6.07, 6.45) is 2.93. The number of carbonyl (C=O) groups excluding carboxylic acids is 1. The van der Waals surface area contributed by atoms with Crippen LogP contribution in [0.1, 0.15) is 26.2 Å². The normalized spacial score (nSPS) is 28.4. The molecule has 16 heavy (non-hydrogen) atoms. The summed E-state index contributed by atoms with van der Waals surface area (Å²) >= 11 is 0. The van der Waals surface area contributed by atoms with Crippen LogP contribution in [0.2, 0.25) is 0 Å². The predicted octanol–water partition coefficient (Wildman–Crippen LogP) is 1.54. The van der Waals surface area contributed by atoms with Gasteiger partial charge in [0.1, 0.15) is 6.61 Å². The Kier molecular flexibility index (Phi) is 3.93. The molecule has 0 aromatic heterocycles. The van der Waals surface area contributed by atoms with Crippen LogP contribution in [-0.4, -0.2) is 29.8 Å². The zero-order chi connectivity index (χ0) is 12.2. The number of ether oxygens (including phenoxy) is 1. The summed E-state index contributed by atoms with van der Waals surface area (Å²) < 4.78 is 4.77. The Balaban J connectivity index is 2.56. The smallest absolute Gasteiger partial charge is 0.407 e. The van der Waals surface area contributed by atoms with Crippen LogP contribution >= 0.6 is 0 Å². The van der Waals surface area contributed by atoms with Gasteiger partial charge in [0.2, 0.25) is 0 Å². The van der Waals surface area contributed by atoms with Gasteiger partial charge in [-0.2, -0.15) is 0 Å². The molecule has 0 aromatic rings. The van der Waals surface area contributed by atoms with Crippen LogP contribution in [0.25, 0.3) is 0 Å². The minimum atomic E-state index is -0.882. The molecule has 1 fully saturated rings. The Hall–Kier alpha value is -1.52. The summed E-state index contributed by atoms with van der Waals surface area (Å²) in [6, 6.07) is -0.359. The lowest BCUT2D eigenvalue weighted by Crippen LogP contribution is -2.47. The molecule has 0 aromatic carbocycles. The molecule has 5 heteroatoms. The second-order valence-corrected chi connectivity index (χ2v) is 4.20. The lowest BCUT2D eigenvalue weighted by Gasteiger charge is -2.27. The van der Waals surface area contributed by atoms with E-state index >= 15 is 0 Å². The highest BCUT2D eigenvalue weighted by atomic mass is 16.5. The Morgan fingerprint density at radius 1 is 1.69 bits per heavy atom. The van der Waals surface area contributed by atoms with Crippen LogP contribution in [0.15, 0.2) is 12.7 Å². The van der Waals surface area contributed by atoms with Crippen LogP contribution in [0.3, 0.4) is 0 Å². The fraction of sp³-hybridized carbons (Fsp3) is 0.636. The van der Waals surface area contributed by atoms with Gasteiger partial charge in [-0.05, 0) is 19.8 Å². The standard InChI is InChI=1S/C11H17NO4/c1-3-7-16-10(15)12-8-5-4-6-11(8,2)9(13)14/h3,8H,1,4-7H2,2H3,(H,12,15)(H,13,14). The Morgan fingerprint density at radius 3 is 2.94 bits per heavy atom. The Morgan fingerprint density at radius 2 is 2.38 bits per heavy atom. The third-order valence-electron chi connectivity index (χ3n) is 3.07. The van der Waals surface area contributed by atoms with E-state index in [1.807, 2.05) is 0 Å². The first-order chi connectivity index (χ1) is 7.50. The van der Waals surface area contributed by atoms with Gasteiger partial charge >= 0.3 is 12.1 Å². The van der Waals surface area contributed by atoms with Crippen molar-refractivity contribution in [2.75, 3.05) is 6.61 Å². The SMILES string of the molecule is C=CCOC(=O)NC1CCCC1(C)C(=O)O. The minimum absolute atomic E-state index is 0.127. The van der Waals surface area contributed by atoms with Crippen LogP contribution in [-0.2, 0) is 9.53 Å². The van der Waals surface area contributed by atoms with Crippen molar-refractivity contribution >= 4 is 12.1 Å². The second kappa shape index (κ2) is 5.01. The molecule has 1 amide bonds. The molecule has 2 unspecified atom stereocenters. The molecule has 1 aliphatic rings. The first kappa shape index (κ1) is 12.5. The van der Waals surface area contributed by atoms with Gasteiger partial charge in [0.25, 0.3) is 0 Å². The Labute approximate surface area is 94.5 Å². The van der Waals surface area contributed by atoms with E-state index in [4.69, 9.17) is 9.84 Å². The van der Waals surface area contributed by atoms with Crippen molar-refractivity contribution < 1.29 is 19.4 Å². The molecule has 0 radical (unpaired) electrons. The van der Waals surface area contributed by atoms with Gasteiger partial charge in [0, 0.05) is 6.04 Å². The van der Waals surface area contributed by atoms with Crippen molar-refractivity contribution in [1.29, 1.82) is 0 Å². The average molecular weight is 227 g/mol. The molecular weight excluding hydrogens is 210 g/mol. The molecule has 0 saturated heterocycles. The fourth-order valence-corrected chi connectivity index (χ4v) is 1.97. The van der Waals surface area contributed by atoms with Gasteiger partial charge in [-0.3, -0.25) is 4.79 Å². The van der Waals surface area contributed by atoms with Gasteiger partial charge in [0.05, 0.1) is 5.41 Å². The Bertz CT molecular complexity index is 302. The third-order valence-corrected chi connectivity index (χ3v) is 3.07. The van der Waals surface area contributed by atoms with Gasteiger partial charge in [0.15, 0.2) is 0 Å². The molecule has 0 aliphatic heterocycles. The number of rotatable bonds is 4. The summed E-state index contributed by atoms with van der Waals surface area (Å²) in [4.78, 5) is 22.4. The maximum Gasteiger partial charge on any atom is 0.407 e. The van der Waals surface area contributed by atoms with E-state index in [0.717, 1.165) is 6.42 Å². The van der Waals surface area contributed by atoms with E-state index < -0.39 is 17.5 Å². The summed E-state index contributed by atoms with van der Waals surface area (Å²) in [5.41, 5.74) is -0.882. The highest BCUT2D eigenvalue weighted by molar-refractivity contribution is 5.77. The molecule has 0 heterocycles. The number of hydrogen-bond acceptors (Lipinski definition) is 3. The number of carbonyl (C=O) groups is 2. The fourth-order valence-electron chi connectivity index (χ4n) is 1.97. The van der Waals surface area contributed by atoms with Crippen molar-refractivity contribution in [2.24, 2.45) is 5.41 Å². The van der Waals surface area contributed by atoms with E-state index in [-0.39, 0.29) is 12.6 Å². The van der Waals surface area contributed by atoms with Crippen LogP contribution in [0, 0.1) is 5.41 Å². The molecule has 1 rings (SSSR count). The second-order valence-electron chi connectivity index (χ2n) is 4.20. The topological polar surface area (TPSA) is 75.6 Å². The molecule has 1 saturated carbocycles. The number of carboxylic acid groups (broad SMARTS) is 1. The number of nitrogens with one attached hydrogen (secondary N) is 1. The number of carboxylic acids is 1. The van der Waals surface area contributed by atoms with Gasteiger partial charge in [-0.15, -0.1) is 0 Å². The third kappa shape index (κ3) is 2.53. The van der Waals surface area contributed by atoms with Crippen LogP contribution < -0.4 is 5.32 Å². The van der Waals surface area contributed by atoms with Gasteiger partial charge < -0.3 is 15.2 Å². The maximum absolute atomic E-state index is 11.3. The van der Waals surface area contributed by atoms with Crippen molar-refractivity contribution in [3.8, 4) is 0 Å². The molecular formula is C11H17NO4. The molecule has 0 spiro atoms. The van der Waals surface area contributed by atoms with Crippen LogP contribution in [0.4, 0.5) is 4.79 Å². The quantitative estimate of drug-likeness (QED) is 0.714. The van der Waals surface area contributed by atoms with Crippen LogP contribution in [0.5, 0.6) is 0 Å². The largest absolute Gasteiger partial charge is 0.481 e. The highest BCUT2D eigenvalue weighted by Gasteiger charge is 2.46. The minimum Gasteiger partial charge on any atom is -0.481 e. The summed E-state index contributed by atoms with van der Waals surface area (Å²) in [5, 5.41) is 11.7. The molecule has 0 bridgehead atoms. The van der Waals surface area contributed by atoms with Crippen molar-refractivity contribution in [3.05, 3.63) is 12.7 Å². The van der Waals surface area contributed by atoms with E-state index in [0.29, 0.717) is 12.8 Å². The van der Waals surface area contributed by atoms with E-state index in [9.17, 15) is 9.59 Å². The molecule has 1 aliphatic carbocycles. The lowest BCUT2D eigenvalue weighted by atomic mass is 9.85. The van der Waals surface area contributed by atoms with Crippen molar-refractivity contribution in [1.82, 2.24) is 5.32 Å². The predicted molar refractivity (Wildman–Crippen MR) is 58.1 cm³/mol. The molecule has 90 valence electrons. The van der Waals surface area contributed by atoms with E-state index in [1.54, 1.807) is 6.92 Å². The number of alkyl carbamates (subject to hydrolysis) is 1. The first-order valence-corrected chi connectivity index (χ1v) is 5.28. The van der Waals surface area contributed by atoms with Crippen molar-refractivity contribution in [2.45, 2.75) is 32.2 Å². The number of aliphatic carboxylic acids is 1. The average Bonchev–Trinajstić information content (AvgIpc) is 2.59. The van der Waals surface area contributed by atoms with Crippen molar-refractivity contribution in [3.63, 3.8) is 0 Å². The maximum atomic E-state index is 11.3.